The average Bonchev–Trinajstić information content (AvgIpc) is 3.37. The standard InChI is InChI=1S/C20H20B2N2O8/c1-30-20(27)17(24-19(26)12-3-5-14-10-32-22(29)16(14)7-12)8-23-18(25)11-2-4-13-9-31-21(28)15(13)6-11/h2-7,17,28-29H,8-10H2,1H3,(H,23,25)(H,24,26). The summed E-state index contributed by atoms with van der Waals surface area (Å²) in [5, 5.41) is 24.8. The van der Waals surface area contributed by atoms with Gasteiger partial charge >= 0.3 is 20.2 Å². The predicted molar refractivity (Wildman–Crippen MR) is 113 cm³/mol. The lowest BCUT2D eigenvalue weighted by molar-refractivity contribution is -0.142. The van der Waals surface area contributed by atoms with Crippen LogP contribution in [0.25, 0.3) is 0 Å². The van der Waals surface area contributed by atoms with Crippen molar-refractivity contribution in [1.29, 1.82) is 0 Å². The molecule has 0 radical (unpaired) electrons. The molecule has 0 fully saturated rings. The van der Waals surface area contributed by atoms with Gasteiger partial charge in [-0.15, -0.1) is 0 Å². The number of methoxy groups -OCH3 is 1. The summed E-state index contributed by atoms with van der Waals surface area (Å²) >= 11 is 0. The number of amides is 2. The van der Waals surface area contributed by atoms with E-state index in [4.69, 9.17) is 14.0 Å². The van der Waals surface area contributed by atoms with Crippen LogP contribution >= 0.6 is 0 Å². The number of fused-ring (bicyclic) bond motifs is 2. The molecule has 2 aliphatic heterocycles. The Balaban J connectivity index is 1.42. The van der Waals surface area contributed by atoms with E-state index in [1.807, 2.05) is 0 Å². The molecule has 10 nitrogen and oxygen atoms in total. The Labute approximate surface area is 184 Å². The Kier molecular flexibility index (Phi) is 6.28. The van der Waals surface area contributed by atoms with Crippen molar-refractivity contribution in [3.63, 3.8) is 0 Å². The summed E-state index contributed by atoms with van der Waals surface area (Å²) in [5.74, 6) is -1.80. The number of hydrogen-bond donors (Lipinski definition) is 4. The second kappa shape index (κ2) is 9.13. The van der Waals surface area contributed by atoms with Crippen LogP contribution in [0.2, 0.25) is 0 Å². The van der Waals surface area contributed by atoms with E-state index < -0.39 is 38.1 Å². The summed E-state index contributed by atoms with van der Waals surface area (Å²) in [7, 11) is -1.02. The maximum Gasteiger partial charge on any atom is 0.491 e. The molecule has 0 saturated heterocycles. The molecule has 4 rings (SSSR count). The molecule has 2 aromatic rings. The van der Waals surface area contributed by atoms with Gasteiger partial charge in [0, 0.05) is 17.7 Å². The van der Waals surface area contributed by atoms with Gasteiger partial charge in [0.05, 0.1) is 20.3 Å². The van der Waals surface area contributed by atoms with Crippen molar-refractivity contribution in [3.05, 3.63) is 58.7 Å². The highest BCUT2D eigenvalue weighted by Gasteiger charge is 2.30. The summed E-state index contributed by atoms with van der Waals surface area (Å²) in [6.07, 6.45) is 0. The van der Waals surface area contributed by atoms with Crippen molar-refractivity contribution >= 4 is 42.9 Å². The number of hydrogen-bond acceptors (Lipinski definition) is 8. The fourth-order valence-corrected chi connectivity index (χ4v) is 3.59. The minimum atomic E-state index is -1.14. The highest BCUT2D eigenvalue weighted by Crippen LogP contribution is 2.13. The first-order valence-corrected chi connectivity index (χ1v) is 9.89. The lowest BCUT2D eigenvalue weighted by atomic mass is 9.78. The van der Waals surface area contributed by atoms with Crippen molar-refractivity contribution in [2.24, 2.45) is 0 Å². The van der Waals surface area contributed by atoms with Crippen LogP contribution in [-0.2, 0) is 32.1 Å². The minimum Gasteiger partial charge on any atom is -0.467 e. The smallest absolute Gasteiger partial charge is 0.467 e. The van der Waals surface area contributed by atoms with Gasteiger partial charge in [-0.2, -0.15) is 0 Å². The Morgan fingerprint density at radius 2 is 1.50 bits per heavy atom. The largest absolute Gasteiger partial charge is 0.491 e. The van der Waals surface area contributed by atoms with Gasteiger partial charge in [0.1, 0.15) is 6.04 Å². The van der Waals surface area contributed by atoms with Gasteiger partial charge in [-0.1, -0.05) is 12.1 Å². The SMILES string of the molecule is COC(=O)C(CNC(=O)c1ccc2c(c1)B(O)OC2)NC(=O)c1ccc2c(c1)B(O)OC2. The van der Waals surface area contributed by atoms with Gasteiger partial charge in [-0.05, 0) is 46.3 Å². The molecule has 0 aliphatic carbocycles. The Morgan fingerprint density at radius 3 is 2.03 bits per heavy atom. The molecule has 2 aliphatic rings. The first kappa shape index (κ1) is 22.0. The molecular formula is C20H20B2N2O8. The van der Waals surface area contributed by atoms with Gasteiger partial charge in [0.25, 0.3) is 11.8 Å². The lowest BCUT2D eigenvalue weighted by Gasteiger charge is -2.17. The van der Waals surface area contributed by atoms with Crippen LogP contribution in [0.1, 0.15) is 31.8 Å². The van der Waals surface area contributed by atoms with Gasteiger partial charge in [0.15, 0.2) is 0 Å². The van der Waals surface area contributed by atoms with E-state index >= 15 is 0 Å². The van der Waals surface area contributed by atoms with Crippen molar-refractivity contribution in [1.82, 2.24) is 10.6 Å². The fourth-order valence-electron chi connectivity index (χ4n) is 3.59. The Hall–Kier alpha value is -3.18. The number of esters is 1. The van der Waals surface area contributed by atoms with Crippen LogP contribution in [0.15, 0.2) is 36.4 Å². The maximum absolute atomic E-state index is 12.7. The number of carbonyl (C=O) groups excluding carboxylic acids is 3. The maximum atomic E-state index is 12.7. The zero-order chi connectivity index (χ0) is 22.8. The van der Waals surface area contributed by atoms with Crippen molar-refractivity contribution in [2.45, 2.75) is 19.3 Å². The van der Waals surface area contributed by atoms with Crippen LogP contribution in [0.5, 0.6) is 0 Å². The van der Waals surface area contributed by atoms with Crippen LogP contribution in [-0.4, -0.2) is 61.8 Å². The molecule has 0 aromatic heterocycles. The van der Waals surface area contributed by atoms with Crippen LogP contribution in [0, 0.1) is 0 Å². The third kappa shape index (κ3) is 4.39. The normalized spacial score (nSPS) is 15.1. The Morgan fingerprint density at radius 1 is 0.969 bits per heavy atom. The Bertz CT molecular complexity index is 1080. The number of benzene rings is 2. The molecular weight excluding hydrogens is 418 g/mol. The highest BCUT2D eigenvalue weighted by molar-refractivity contribution is 6.62. The highest BCUT2D eigenvalue weighted by atomic mass is 16.5. The molecule has 0 spiro atoms. The number of nitrogens with one attached hydrogen (secondary N) is 2. The molecule has 1 unspecified atom stereocenters. The van der Waals surface area contributed by atoms with Crippen LogP contribution in [0.4, 0.5) is 0 Å². The molecule has 164 valence electrons. The summed E-state index contributed by atoms with van der Waals surface area (Å²) < 4.78 is 15.0. The second-order valence-electron chi connectivity index (χ2n) is 7.41. The molecule has 2 amide bonds. The van der Waals surface area contributed by atoms with E-state index in [-0.39, 0.29) is 30.9 Å². The topological polar surface area (TPSA) is 143 Å². The van der Waals surface area contributed by atoms with Gasteiger partial charge in [0.2, 0.25) is 0 Å². The van der Waals surface area contributed by atoms with Gasteiger partial charge in [-0.25, -0.2) is 4.79 Å². The molecule has 32 heavy (non-hydrogen) atoms. The fraction of sp³-hybridized carbons (Fsp3) is 0.250. The van der Waals surface area contributed by atoms with Crippen LogP contribution < -0.4 is 21.6 Å². The van der Waals surface area contributed by atoms with Crippen molar-refractivity contribution in [3.8, 4) is 0 Å². The zero-order valence-electron chi connectivity index (χ0n) is 17.2. The molecule has 4 N–H and O–H groups in total. The van der Waals surface area contributed by atoms with E-state index in [0.717, 1.165) is 11.1 Å². The monoisotopic (exact) mass is 438 g/mol. The number of carbonyl (C=O) groups is 3. The molecule has 1 atom stereocenters. The summed E-state index contributed by atoms with van der Waals surface area (Å²) in [5.41, 5.74) is 3.06. The quantitative estimate of drug-likeness (QED) is 0.295. The molecule has 2 aromatic carbocycles. The summed E-state index contributed by atoms with van der Waals surface area (Å²) in [6, 6.07) is 8.36. The van der Waals surface area contributed by atoms with E-state index in [0.29, 0.717) is 10.9 Å². The van der Waals surface area contributed by atoms with E-state index in [1.165, 1.54) is 19.2 Å². The molecule has 0 saturated carbocycles. The van der Waals surface area contributed by atoms with Gasteiger partial charge in [-0.3, -0.25) is 9.59 Å². The van der Waals surface area contributed by atoms with E-state index in [2.05, 4.69) is 10.6 Å². The van der Waals surface area contributed by atoms with E-state index in [9.17, 15) is 24.4 Å². The number of ether oxygens (including phenoxy) is 1. The van der Waals surface area contributed by atoms with Crippen molar-refractivity contribution in [2.75, 3.05) is 13.7 Å². The summed E-state index contributed by atoms with van der Waals surface area (Å²) in [6.45, 7) is 0.297. The minimum absolute atomic E-state index is 0.218. The molecule has 2 heterocycles. The van der Waals surface area contributed by atoms with Crippen molar-refractivity contribution < 1.29 is 38.5 Å². The zero-order valence-corrected chi connectivity index (χ0v) is 17.2. The van der Waals surface area contributed by atoms with E-state index in [1.54, 1.807) is 24.3 Å². The second-order valence-corrected chi connectivity index (χ2v) is 7.41. The third-order valence-corrected chi connectivity index (χ3v) is 5.40. The lowest BCUT2D eigenvalue weighted by Crippen LogP contribution is -2.49. The first-order chi connectivity index (χ1) is 15.4. The third-order valence-electron chi connectivity index (χ3n) is 5.40. The first-order valence-electron chi connectivity index (χ1n) is 9.89. The molecule has 0 bridgehead atoms. The predicted octanol–water partition coefficient (Wildman–Crippen LogP) is -2.18. The van der Waals surface area contributed by atoms with Gasteiger partial charge < -0.3 is 34.7 Å². The van der Waals surface area contributed by atoms with Crippen LogP contribution in [0.3, 0.4) is 0 Å². The number of rotatable bonds is 6. The summed E-state index contributed by atoms with van der Waals surface area (Å²) in [4.78, 5) is 37.4. The average molecular weight is 438 g/mol. The molecule has 12 heteroatoms.